The number of rotatable bonds is 1. The minimum Gasteiger partial charge on any atom is -0.348 e. The number of aryl methyl sites for hydroxylation is 1. The molecule has 0 amide bonds. The average Bonchev–Trinajstić information content (AvgIpc) is 2.62. The molecular weight excluding hydrogens is 177 g/mol. The minimum atomic E-state index is -0.170. The van der Waals surface area contributed by atoms with Crippen molar-refractivity contribution >= 4 is 10.9 Å². The Kier molecular flexibility index (Phi) is 3.69. The van der Waals surface area contributed by atoms with Gasteiger partial charge in [-0.2, -0.15) is 0 Å². The van der Waals surface area contributed by atoms with Gasteiger partial charge < -0.3 is 4.57 Å². The van der Waals surface area contributed by atoms with E-state index in [1.807, 2.05) is 32.2 Å². The Labute approximate surface area is 84.2 Å². The maximum Gasteiger partial charge on any atom is 0.123 e. The quantitative estimate of drug-likeness (QED) is 0.648. The molecule has 0 unspecified atom stereocenters. The monoisotopic (exact) mass is 193 g/mol. The molecule has 0 atom stereocenters. The van der Waals surface area contributed by atoms with Crippen LogP contribution in [0.4, 0.5) is 4.39 Å². The second-order valence-corrected chi connectivity index (χ2v) is 2.80. The highest BCUT2D eigenvalue weighted by Gasteiger charge is 1.99. The van der Waals surface area contributed by atoms with Crippen LogP contribution in [0.25, 0.3) is 10.9 Å². The third kappa shape index (κ3) is 1.95. The molecule has 1 aromatic heterocycles. The Morgan fingerprint density at radius 2 is 1.93 bits per heavy atom. The lowest BCUT2D eigenvalue weighted by molar-refractivity contribution is 0.629. The number of aromatic nitrogens is 1. The third-order valence-electron chi connectivity index (χ3n) is 2.07. The van der Waals surface area contributed by atoms with Crippen molar-refractivity contribution < 1.29 is 4.39 Å². The van der Waals surface area contributed by atoms with Crippen LogP contribution in [-0.4, -0.2) is 4.57 Å². The Morgan fingerprint density at radius 3 is 2.57 bits per heavy atom. The van der Waals surface area contributed by atoms with Crippen molar-refractivity contribution in [3.8, 4) is 0 Å². The number of hydrogen-bond donors (Lipinski definition) is 0. The molecule has 0 aliphatic rings. The number of nitrogens with zero attached hydrogens (tertiary/aromatic N) is 1. The lowest BCUT2D eigenvalue weighted by atomic mass is 10.2. The largest absolute Gasteiger partial charge is 0.348 e. The summed E-state index contributed by atoms with van der Waals surface area (Å²) >= 11 is 0. The average molecular weight is 193 g/mol. The van der Waals surface area contributed by atoms with Crippen LogP contribution in [0.2, 0.25) is 0 Å². The van der Waals surface area contributed by atoms with E-state index >= 15 is 0 Å². The normalized spacial score (nSPS) is 9.71. The fourth-order valence-electron chi connectivity index (χ4n) is 1.45. The number of fused-ring (bicyclic) bond motifs is 1. The van der Waals surface area contributed by atoms with E-state index in [-0.39, 0.29) is 5.82 Å². The van der Waals surface area contributed by atoms with Gasteiger partial charge in [-0.05, 0) is 31.2 Å². The van der Waals surface area contributed by atoms with Crippen LogP contribution in [0.15, 0.2) is 30.5 Å². The minimum absolute atomic E-state index is 0.170. The zero-order valence-electron chi connectivity index (χ0n) is 8.92. The lowest BCUT2D eigenvalue weighted by Gasteiger charge is -1.98. The van der Waals surface area contributed by atoms with Crippen molar-refractivity contribution in [2.45, 2.75) is 27.3 Å². The molecule has 1 nitrogen and oxygen atoms in total. The van der Waals surface area contributed by atoms with Gasteiger partial charge >= 0.3 is 0 Å². The molecule has 2 aromatic rings. The van der Waals surface area contributed by atoms with Crippen LogP contribution >= 0.6 is 0 Å². The summed E-state index contributed by atoms with van der Waals surface area (Å²) in [5.41, 5.74) is 1.10. The van der Waals surface area contributed by atoms with E-state index in [2.05, 4.69) is 11.5 Å². The van der Waals surface area contributed by atoms with Crippen LogP contribution in [0.1, 0.15) is 20.8 Å². The second kappa shape index (κ2) is 4.80. The van der Waals surface area contributed by atoms with Gasteiger partial charge in [-0.25, -0.2) is 4.39 Å². The van der Waals surface area contributed by atoms with E-state index in [1.165, 1.54) is 6.07 Å². The van der Waals surface area contributed by atoms with Crippen molar-refractivity contribution in [3.63, 3.8) is 0 Å². The zero-order chi connectivity index (χ0) is 10.6. The van der Waals surface area contributed by atoms with Crippen LogP contribution in [0.3, 0.4) is 0 Å². The molecule has 2 rings (SSSR count). The van der Waals surface area contributed by atoms with Gasteiger partial charge in [-0.3, -0.25) is 0 Å². The molecule has 0 aliphatic carbocycles. The standard InChI is InChI=1S/C10H10FN.C2H6/c1-2-12-6-5-8-7-9(11)3-4-10(8)12;1-2/h3-7H,2H2,1H3;1-2H3. The lowest BCUT2D eigenvalue weighted by Crippen LogP contribution is -1.89. The molecule has 0 aliphatic heterocycles. The summed E-state index contributed by atoms with van der Waals surface area (Å²) in [4.78, 5) is 0. The van der Waals surface area contributed by atoms with Gasteiger partial charge in [0.1, 0.15) is 5.82 Å². The molecule has 0 saturated carbocycles. The summed E-state index contributed by atoms with van der Waals surface area (Å²) in [5, 5.41) is 0.969. The summed E-state index contributed by atoms with van der Waals surface area (Å²) in [6.07, 6.45) is 1.98. The Hall–Kier alpha value is -1.31. The van der Waals surface area contributed by atoms with Gasteiger partial charge in [-0.15, -0.1) is 0 Å². The van der Waals surface area contributed by atoms with E-state index in [4.69, 9.17) is 0 Å². The fraction of sp³-hybridized carbons (Fsp3) is 0.333. The first-order valence-corrected chi connectivity index (χ1v) is 5.05. The van der Waals surface area contributed by atoms with Crippen LogP contribution in [0, 0.1) is 5.82 Å². The summed E-state index contributed by atoms with van der Waals surface area (Å²) in [7, 11) is 0. The smallest absolute Gasteiger partial charge is 0.123 e. The Balaban J connectivity index is 0.000000461. The maximum absolute atomic E-state index is 12.7. The summed E-state index contributed by atoms with van der Waals surface area (Å²) < 4.78 is 14.8. The Morgan fingerprint density at radius 1 is 1.21 bits per heavy atom. The highest BCUT2D eigenvalue weighted by molar-refractivity contribution is 5.80. The predicted octanol–water partition coefficient (Wildman–Crippen LogP) is 3.83. The molecule has 0 fully saturated rings. The third-order valence-corrected chi connectivity index (χ3v) is 2.07. The molecule has 1 aromatic carbocycles. The summed E-state index contributed by atoms with van der Waals surface area (Å²) in [5.74, 6) is -0.170. The molecule has 14 heavy (non-hydrogen) atoms. The molecule has 1 heterocycles. The maximum atomic E-state index is 12.7. The van der Waals surface area contributed by atoms with Crippen molar-refractivity contribution in [2.75, 3.05) is 0 Å². The first-order valence-electron chi connectivity index (χ1n) is 5.05. The van der Waals surface area contributed by atoms with Gasteiger partial charge in [0.25, 0.3) is 0 Å². The van der Waals surface area contributed by atoms with E-state index in [9.17, 15) is 4.39 Å². The Bertz CT molecular complexity index is 404. The van der Waals surface area contributed by atoms with Crippen LogP contribution in [0.5, 0.6) is 0 Å². The molecule has 2 heteroatoms. The van der Waals surface area contributed by atoms with Crippen LogP contribution in [-0.2, 0) is 6.54 Å². The van der Waals surface area contributed by atoms with Gasteiger partial charge in [0.2, 0.25) is 0 Å². The van der Waals surface area contributed by atoms with E-state index in [1.54, 1.807) is 6.07 Å². The van der Waals surface area contributed by atoms with E-state index < -0.39 is 0 Å². The van der Waals surface area contributed by atoms with E-state index in [0.29, 0.717) is 0 Å². The fourth-order valence-corrected chi connectivity index (χ4v) is 1.45. The number of halogens is 1. The molecule has 0 bridgehead atoms. The predicted molar refractivity (Wildman–Crippen MR) is 58.9 cm³/mol. The van der Waals surface area contributed by atoms with Gasteiger partial charge in [0.05, 0.1) is 0 Å². The number of hydrogen-bond acceptors (Lipinski definition) is 0. The molecule has 76 valence electrons. The number of benzene rings is 1. The van der Waals surface area contributed by atoms with Crippen molar-refractivity contribution in [2.24, 2.45) is 0 Å². The molecule has 0 radical (unpaired) electrons. The highest BCUT2D eigenvalue weighted by atomic mass is 19.1. The highest BCUT2D eigenvalue weighted by Crippen LogP contribution is 2.16. The van der Waals surface area contributed by atoms with Crippen molar-refractivity contribution in [3.05, 3.63) is 36.3 Å². The van der Waals surface area contributed by atoms with Crippen molar-refractivity contribution in [1.82, 2.24) is 4.57 Å². The van der Waals surface area contributed by atoms with Gasteiger partial charge in [0.15, 0.2) is 0 Å². The van der Waals surface area contributed by atoms with Gasteiger partial charge in [-0.1, -0.05) is 13.8 Å². The first-order chi connectivity index (χ1) is 6.81. The van der Waals surface area contributed by atoms with Crippen LogP contribution < -0.4 is 0 Å². The summed E-state index contributed by atoms with van der Waals surface area (Å²) in [6.45, 7) is 7.00. The molecule has 0 saturated heterocycles. The van der Waals surface area contributed by atoms with Gasteiger partial charge in [0, 0.05) is 23.6 Å². The summed E-state index contributed by atoms with van der Waals surface area (Å²) in [6, 6.07) is 6.80. The zero-order valence-corrected chi connectivity index (χ0v) is 8.92. The first kappa shape index (κ1) is 10.8. The molecule has 0 spiro atoms. The topological polar surface area (TPSA) is 4.93 Å². The van der Waals surface area contributed by atoms with E-state index in [0.717, 1.165) is 17.4 Å². The molecule has 0 N–H and O–H groups in total. The SMILES string of the molecule is CC.CCn1ccc2cc(F)ccc21. The second-order valence-electron chi connectivity index (χ2n) is 2.80. The molecular formula is C12H16FN. The van der Waals surface area contributed by atoms with Crippen molar-refractivity contribution in [1.29, 1.82) is 0 Å².